The van der Waals surface area contributed by atoms with E-state index in [4.69, 9.17) is 0 Å². The molecule has 0 aliphatic heterocycles. The highest BCUT2D eigenvalue weighted by Gasteiger charge is 2.27. The molecule has 18 heavy (non-hydrogen) atoms. The number of halogens is 2. The molecule has 1 aliphatic carbocycles. The third kappa shape index (κ3) is 4.07. The molecular formula is C15H21Br2N. The lowest BCUT2D eigenvalue weighted by Gasteiger charge is -2.35. The van der Waals surface area contributed by atoms with Crippen molar-refractivity contribution in [3.63, 3.8) is 0 Å². The topological polar surface area (TPSA) is 12.0 Å². The molecule has 0 heterocycles. The van der Waals surface area contributed by atoms with Crippen molar-refractivity contribution in [1.29, 1.82) is 0 Å². The van der Waals surface area contributed by atoms with Crippen LogP contribution in [0.25, 0.3) is 0 Å². The zero-order valence-corrected chi connectivity index (χ0v) is 14.3. The lowest BCUT2D eigenvalue weighted by atomic mass is 9.75. The first-order valence-electron chi connectivity index (χ1n) is 6.64. The molecule has 1 N–H and O–H groups in total. The second kappa shape index (κ2) is 6.06. The normalized spacial score (nSPS) is 23.0. The van der Waals surface area contributed by atoms with Gasteiger partial charge in [-0.15, -0.1) is 0 Å². The highest BCUT2D eigenvalue weighted by molar-refractivity contribution is 9.13. The van der Waals surface area contributed by atoms with Crippen molar-refractivity contribution in [2.45, 2.75) is 52.1 Å². The van der Waals surface area contributed by atoms with Crippen molar-refractivity contribution in [2.75, 3.05) is 0 Å². The van der Waals surface area contributed by atoms with E-state index in [2.05, 4.69) is 69.2 Å². The summed E-state index contributed by atoms with van der Waals surface area (Å²) in [6.07, 6.45) is 5.34. The Bertz CT molecular complexity index is 415. The maximum atomic E-state index is 3.70. The smallest absolute Gasteiger partial charge is 0.0320 e. The molecule has 0 radical (unpaired) electrons. The van der Waals surface area contributed by atoms with E-state index in [1.165, 1.54) is 31.2 Å². The Morgan fingerprint density at radius 2 is 2.06 bits per heavy atom. The lowest BCUT2D eigenvalue weighted by Crippen LogP contribution is -2.36. The molecule has 0 spiro atoms. The molecule has 2 rings (SSSR count). The molecule has 1 aromatic rings. The average molecular weight is 375 g/mol. The fourth-order valence-corrected chi connectivity index (χ4v) is 3.46. The molecule has 0 amide bonds. The Kier molecular flexibility index (Phi) is 4.90. The van der Waals surface area contributed by atoms with Crippen LogP contribution in [0, 0.1) is 5.41 Å². The van der Waals surface area contributed by atoms with Crippen LogP contribution in [0.15, 0.2) is 27.1 Å². The first-order valence-corrected chi connectivity index (χ1v) is 8.22. The van der Waals surface area contributed by atoms with E-state index in [1.807, 2.05) is 0 Å². The lowest BCUT2D eigenvalue weighted by molar-refractivity contribution is 0.198. The van der Waals surface area contributed by atoms with Gasteiger partial charge in [0.25, 0.3) is 0 Å². The minimum absolute atomic E-state index is 0.510. The first-order chi connectivity index (χ1) is 8.46. The molecule has 1 atom stereocenters. The van der Waals surface area contributed by atoms with Gasteiger partial charge in [0, 0.05) is 21.5 Å². The molecule has 3 heteroatoms. The molecule has 0 saturated heterocycles. The zero-order valence-electron chi connectivity index (χ0n) is 11.1. The van der Waals surface area contributed by atoms with Gasteiger partial charge in [-0.25, -0.2) is 0 Å². The molecule has 1 aromatic carbocycles. The second-order valence-electron chi connectivity index (χ2n) is 6.09. The van der Waals surface area contributed by atoms with Crippen LogP contribution in [-0.4, -0.2) is 6.04 Å². The predicted octanol–water partition coefficient (Wildman–Crippen LogP) is 5.27. The van der Waals surface area contributed by atoms with Crippen LogP contribution in [0.1, 0.15) is 45.1 Å². The number of rotatable bonds is 3. The first kappa shape index (κ1) is 14.5. The van der Waals surface area contributed by atoms with Gasteiger partial charge in [-0.3, -0.25) is 0 Å². The predicted molar refractivity (Wildman–Crippen MR) is 84.7 cm³/mol. The van der Waals surface area contributed by atoms with Crippen molar-refractivity contribution in [2.24, 2.45) is 5.41 Å². The van der Waals surface area contributed by atoms with Gasteiger partial charge in [-0.1, -0.05) is 26.3 Å². The Morgan fingerprint density at radius 3 is 2.72 bits per heavy atom. The van der Waals surface area contributed by atoms with E-state index in [9.17, 15) is 0 Å². The van der Waals surface area contributed by atoms with Crippen LogP contribution in [-0.2, 0) is 6.54 Å². The number of benzene rings is 1. The SMILES string of the molecule is CC1(C)CCCC(NCc2ccc(Br)c(Br)c2)C1. The van der Waals surface area contributed by atoms with Gasteiger partial charge < -0.3 is 5.32 Å². The summed E-state index contributed by atoms with van der Waals surface area (Å²) in [5.41, 5.74) is 1.85. The number of hydrogen-bond acceptors (Lipinski definition) is 1. The van der Waals surface area contributed by atoms with Gasteiger partial charge in [0.15, 0.2) is 0 Å². The summed E-state index contributed by atoms with van der Waals surface area (Å²) in [7, 11) is 0. The van der Waals surface area contributed by atoms with Crippen molar-refractivity contribution >= 4 is 31.9 Å². The second-order valence-corrected chi connectivity index (χ2v) is 7.80. The van der Waals surface area contributed by atoms with Crippen molar-refractivity contribution in [1.82, 2.24) is 5.32 Å². The third-order valence-corrected chi connectivity index (χ3v) is 5.66. The van der Waals surface area contributed by atoms with Crippen LogP contribution in [0.2, 0.25) is 0 Å². The molecule has 1 nitrogen and oxygen atoms in total. The Hall–Kier alpha value is 0.140. The highest BCUT2D eigenvalue weighted by Crippen LogP contribution is 2.35. The fraction of sp³-hybridized carbons (Fsp3) is 0.600. The Balaban J connectivity index is 1.89. The molecule has 0 aromatic heterocycles. The van der Waals surface area contributed by atoms with E-state index >= 15 is 0 Å². The standard InChI is InChI=1S/C15H21Br2N/c1-15(2)7-3-4-12(9-15)18-10-11-5-6-13(16)14(17)8-11/h5-6,8,12,18H,3-4,7,9-10H2,1-2H3. The van der Waals surface area contributed by atoms with E-state index < -0.39 is 0 Å². The number of hydrogen-bond donors (Lipinski definition) is 1. The quantitative estimate of drug-likeness (QED) is 0.759. The maximum Gasteiger partial charge on any atom is 0.0320 e. The van der Waals surface area contributed by atoms with Crippen LogP contribution in [0.4, 0.5) is 0 Å². The van der Waals surface area contributed by atoms with Gasteiger partial charge in [0.05, 0.1) is 0 Å². The zero-order chi connectivity index (χ0) is 13.2. The summed E-state index contributed by atoms with van der Waals surface area (Å²) >= 11 is 7.06. The molecule has 1 aliphatic rings. The van der Waals surface area contributed by atoms with Gasteiger partial charge >= 0.3 is 0 Å². The molecule has 1 unspecified atom stereocenters. The summed E-state index contributed by atoms with van der Waals surface area (Å²) in [5.74, 6) is 0. The summed E-state index contributed by atoms with van der Waals surface area (Å²) < 4.78 is 2.25. The van der Waals surface area contributed by atoms with E-state index in [1.54, 1.807) is 0 Å². The summed E-state index contributed by atoms with van der Waals surface area (Å²) in [5, 5.41) is 3.70. The maximum absolute atomic E-state index is 3.70. The van der Waals surface area contributed by atoms with Crippen LogP contribution in [0.3, 0.4) is 0 Å². The van der Waals surface area contributed by atoms with Crippen LogP contribution < -0.4 is 5.32 Å². The van der Waals surface area contributed by atoms with E-state index in [0.717, 1.165) is 15.5 Å². The largest absolute Gasteiger partial charge is 0.310 e. The van der Waals surface area contributed by atoms with Gasteiger partial charge in [0.2, 0.25) is 0 Å². The molecule has 100 valence electrons. The summed E-state index contributed by atoms with van der Waals surface area (Å²) in [4.78, 5) is 0. The van der Waals surface area contributed by atoms with Crippen LogP contribution >= 0.6 is 31.9 Å². The molecule has 1 fully saturated rings. The summed E-state index contributed by atoms with van der Waals surface area (Å²) in [6, 6.07) is 7.14. The van der Waals surface area contributed by atoms with Gasteiger partial charge in [0.1, 0.15) is 0 Å². The van der Waals surface area contributed by atoms with Crippen molar-refractivity contribution in [3.05, 3.63) is 32.7 Å². The summed E-state index contributed by atoms with van der Waals surface area (Å²) in [6.45, 7) is 5.74. The molecule has 1 saturated carbocycles. The minimum Gasteiger partial charge on any atom is -0.310 e. The van der Waals surface area contributed by atoms with E-state index in [0.29, 0.717) is 11.5 Å². The third-order valence-electron chi connectivity index (χ3n) is 3.78. The molecule has 0 bridgehead atoms. The van der Waals surface area contributed by atoms with Crippen molar-refractivity contribution in [3.8, 4) is 0 Å². The van der Waals surface area contributed by atoms with Crippen LogP contribution in [0.5, 0.6) is 0 Å². The number of nitrogens with one attached hydrogen (secondary N) is 1. The van der Waals surface area contributed by atoms with Gasteiger partial charge in [-0.2, -0.15) is 0 Å². The average Bonchev–Trinajstić information content (AvgIpc) is 2.29. The monoisotopic (exact) mass is 373 g/mol. The van der Waals surface area contributed by atoms with E-state index in [-0.39, 0.29) is 0 Å². The highest BCUT2D eigenvalue weighted by atomic mass is 79.9. The van der Waals surface area contributed by atoms with Gasteiger partial charge in [-0.05, 0) is 74.2 Å². The Labute approximate surface area is 127 Å². The van der Waals surface area contributed by atoms with Crippen molar-refractivity contribution < 1.29 is 0 Å². The minimum atomic E-state index is 0.510. The fourth-order valence-electron chi connectivity index (χ4n) is 2.78. The Morgan fingerprint density at radius 1 is 1.28 bits per heavy atom. The molecular weight excluding hydrogens is 354 g/mol.